The standard InChI is InChI=1S/C22H33ClF2N3O10PS/c1-11(2)37-17(31)12(3)27-39(34,35-7-8-40-19(32)21(4,5)6)36-10-14-15(29)22(23,25)18(38-14)28-9-13(24)16(30)26-20(28)33/h9,11-12,14-15,18,29H,7-8,10H2,1-6H3,(H,27,34)(H,26,30,33)/t12-,14+,15+,18+,22+,39?/m0/s1. The first-order valence-corrected chi connectivity index (χ1v) is 15.0. The highest BCUT2D eigenvalue weighted by atomic mass is 35.5. The Kier molecular flexibility index (Phi) is 11.7. The van der Waals surface area contributed by atoms with Crippen LogP contribution in [-0.4, -0.2) is 74.2 Å². The van der Waals surface area contributed by atoms with Gasteiger partial charge in [0.25, 0.3) is 10.7 Å². The van der Waals surface area contributed by atoms with Gasteiger partial charge in [-0.25, -0.2) is 18.8 Å². The van der Waals surface area contributed by atoms with Crippen LogP contribution in [0.2, 0.25) is 0 Å². The van der Waals surface area contributed by atoms with Crippen LogP contribution in [0.5, 0.6) is 0 Å². The zero-order valence-corrected chi connectivity index (χ0v) is 25.1. The lowest BCUT2D eigenvalue weighted by molar-refractivity contribution is -0.149. The van der Waals surface area contributed by atoms with Gasteiger partial charge in [-0.1, -0.05) is 44.1 Å². The second-order valence-corrected chi connectivity index (χ2v) is 13.6. The van der Waals surface area contributed by atoms with Crippen LogP contribution in [0.4, 0.5) is 8.78 Å². The summed E-state index contributed by atoms with van der Waals surface area (Å²) in [7, 11) is -4.42. The molecule has 2 rings (SSSR count). The average molecular weight is 636 g/mol. The topological polar surface area (TPSA) is 175 Å². The van der Waals surface area contributed by atoms with Gasteiger partial charge in [0, 0.05) is 11.2 Å². The molecule has 0 aliphatic carbocycles. The van der Waals surface area contributed by atoms with E-state index in [4.69, 9.17) is 30.1 Å². The number of nitrogens with zero attached hydrogens (tertiary/aromatic N) is 1. The number of aromatic nitrogens is 2. The zero-order valence-electron chi connectivity index (χ0n) is 22.6. The number of thioether (sulfide) groups is 1. The number of aliphatic hydroxyl groups excluding tert-OH is 1. The lowest BCUT2D eigenvalue weighted by Gasteiger charge is -2.25. The Morgan fingerprint density at radius 2 is 1.95 bits per heavy atom. The van der Waals surface area contributed by atoms with Crippen molar-refractivity contribution in [3.63, 3.8) is 0 Å². The second-order valence-electron chi connectivity index (χ2n) is 10.1. The molecule has 6 atom stereocenters. The first-order chi connectivity index (χ1) is 18.3. The van der Waals surface area contributed by atoms with E-state index >= 15 is 4.39 Å². The predicted octanol–water partition coefficient (Wildman–Crippen LogP) is 2.22. The van der Waals surface area contributed by atoms with Crippen molar-refractivity contribution >= 4 is 42.2 Å². The van der Waals surface area contributed by atoms with Crippen molar-refractivity contribution < 1.29 is 46.6 Å². The molecule has 1 unspecified atom stereocenters. The molecule has 228 valence electrons. The Hall–Kier alpha value is -1.65. The van der Waals surface area contributed by atoms with Crippen molar-refractivity contribution in [3.05, 3.63) is 32.9 Å². The van der Waals surface area contributed by atoms with Crippen molar-refractivity contribution in [2.75, 3.05) is 19.0 Å². The fourth-order valence-electron chi connectivity index (χ4n) is 3.16. The Morgan fingerprint density at radius 1 is 1.32 bits per heavy atom. The molecule has 3 N–H and O–H groups in total. The molecule has 1 aromatic rings. The summed E-state index contributed by atoms with van der Waals surface area (Å²) in [6.07, 6.45) is -6.13. The van der Waals surface area contributed by atoms with Gasteiger partial charge in [-0.2, -0.15) is 4.39 Å². The maximum atomic E-state index is 15.2. The number of ether oxygens (including phenoxy) is 2. The number of hydrogen-bond donors (Lipinski definition) is 3. The highest BCUT2D eigenvalue weighted by molar-refractivity contribution is 8.13. The van der Waals surface area contributed by atoms with Gasteiger partial charge in [-0.05, 0) is 20.8 Å². The number of alkyl halides is 2. The van der Waals surface area contributed by atoms with Gasteiger partial charge in [-0.3, -0.25) is 33.0 Å². The van der Waals surface area contributed by atoms with Gasteiger partial charge in [-0.15, -0.1) is 0 Å². The van der Waals surface area contributed by atoms with E-state index in [2.05, 4.69) is 5.09 Å². The number of aromatic amines is 1. The third-order valence-corrected chi connectivity index (χ3v) is 8.58. The molecule has 1 aliphatic rings. The zero-order chi connectivity index (χ0) is 30.6. The quantitative estimate of drug-likeness (QED) is 0.132. The SMILES string of the molecule is CC(C)OC(=O)[C@H](C)NP(=O)(OCCSC(=O)C(C)(C)C)OC[C@H]1O[C@@H](n2cc(F)c(=O)[nH]c2=O)[C@@](F)(Cl)[C@@H]1O. The molecule has 1 aromatic heterocycles. The Balaban J connectivity index is 2.19. The van der Waals surface area contributed by atoms with E-state index in [9.17, 15) is 33.2 Å². The normalized spacial score (nSPS) is 25.5. The van der Waals surface area contributed by atoms with Gasteiger partial charge >= 0.3 is 19.4 Å². The number of aliphatic hydroxyl groups is 1. The fraction of sp³-hybridized carbons (Fsp3) is 0.727. The third-order valence-electron chi connectivity index (χ3n) is 5.21. The van der Waals surface area contributed by atoms with E-state index in [0.29, 0.717) is 10.8 Å². The molecule has 0 aromatic carbocycles. The molecule has 0 bridgehead atoms. The first-order valence-electron chi connectivity index (χ1n) is 12.1. The summed E-state index contributed by atoms with van der Waals surface area (Å²) in [6.45, 7) is 8.56. The molecule has 1 aliphatic heterocycles. The van der Waals surface area contributed by atoms with Crippen LogP contribution in [0.3, 0.4) is 0 Å². The van der Waals surface area contributed by atoms with Crippen molar-refractivity contribution in [3.8, 4) is 0 Å². The number of H-pyrrole nitrogens is 1. The van der Waals surface area contributed by atoms with E-state index < -0.39 is 78.5 Å². The summed E-state index contributed by atoms with van der Waals surface area (Å²) in [5.41, 5.74) is -3.28. The molecule has 0 amide bonds. The molecule has 1 saturated heterocycles. The van der Waals surface area contributed by atoms with Gasteiger partial charge in [0.1, 0.15) is 18.2 Å². The van der Waals surface area contributed by atoms with Crippen LogP contribution < -0.4 is 16.3 Å². The summed E-state index contributed by atoms with van der Waals surface area (Å²) in [6, 6.07) is -1.21. The van der Waals surface area contributed by atoms with Gasteiger partial charge in [0.15, 0.2) is 11.3 Å². The molecule has 0 saturated carbocycles. The van der Waals surface area contributed by atoms with E-state index in [1.54, 1.807) is 39.6 Å². The summed E-state index contributed by atoms with van der Waals surface area (Å²) in [4.78, 5) is 49.4. The smallest absolute Gasteiger partial charge is 0.406 e. The Labute approximate surface area is 237 Å². The lowest BCUT2D eigenvalue weighted by atomic mass is 10.00. The summed E-state index contributed by atoms with van der Waals surface area (Å²) in [5, 5.41) is 9.43. The molecule has 2 heterocycles. The molecular weight excluding hydrogens is 603 g/mol. The summed E-state index contributed by atoms with van der Waals surface area (Å²) < 4.78 is 63.8. The Morgan fingerprint density at radius 3 is 2.52 bits per heavy atom. The monoisotopic (exact) mass is 635 g/mol. The summed E-state index contributed by atoms with van der Waals surface area (Å²) in [5.74, 6) is -2.17. The van der Waals surface area contributed by atoms with Crippen LogP contribution in [0.25, 0.3) is 0 Å². The minimum atomic E-state index is -4.42. The molecule has 40 heavy (non-hydrogen) atoms. The molecule has 13 nitrogen and oxygen atoms in total. The highest BCUT2D eigenvalue weighted by Crippen LogP contribution is 2.48. The van der Waals surface area contributed by atoms with Crippen molar-refractivity contribution in [2.45, 2.75) is 77.3 Å². The maximum Gasteiger partial charge on any atom is 0.406 e. The van der Waals surface area contributed by atoms with Crippen molar-refractivity contribution in [2.24, 2.45) is 5.41 Å². The number of nitrogens with one attached hydrogen (secondary N) is 2. The lowest BCUT2D eigenvalue weighted by Crippen LogP contribution is -2.42. The van der Waals surface area contributed by atoms with Crippen molar-refractivity contribution in [1.82, 2.24) is 14.6 Å². The molecule has 1 fully saturated rings. The predicted molar refractivity (Wildman–Crippen MR) is 141 cm³/mol. The minimum absolute atomic E-state index is 0.0660. The van der Waals surface area contributed by atoms with E-state index in [0.717, 1.165) is 11.8 Å². The van der Waals surface area contributed by atoms with Crippen LogP contribution in [-0.2, 0) is 32.7 Å². The first kappa shape index (κ1) is 34.6. The number of hydrogen-bond acceptors (Lipinski definition) is 11. The molecule has 0 radical (unpaired) electrons. The fourth-order valence-corrected chi connectivity index (χ4v) is 5.84. The Bertz CT molecular complexity index is 1240. The molecule has 0 spiro atoms. The largest absolute Gasteiger partial charge is 0.462 e. The van der Waals surface area contributed by atoms with Crippen molar-refractivity contribution in [1.29, 1.82) is 0 Å². The van der Waals surface area contributed by atoms with E-state index in [1.807, 2.05) is 0 Å². The highest BCUT2D eigenvalue weighted by Gasteiger charge is 2.58. The van der Waals surface area contributed by atoms with E-state index in [-0.39, 0.29) is 17.5 Å². The molecule has 18 heteroatoms. The van der Waals surface area contributed by atoms with E-state index in [1.165, 1.54) is 6.92 Å². The van der Waals surface area contributed by atoms with Crippen LogP contribution >= 0.6 is 31.1 Å². The third kappa shape index (κ3) is 8.92. The number of carbonyl (C=O) groups excluding carboxylic acids is 2. The minimum Gasteiger partial charge on any atom is -0.462 e. The maximum absolute atomic E-state index is 15.2. The van der Waals surface area contributed by atoms with Gasteiger partial charge < -0.3 is 14.6 Å². The van der Waals surface area contributed by atoms with Crippen LogP contribution in [0.15, 0.2) is 15.8 Å². The number of carbonyl (C=O) groups is 2. The summed E-state index contributed by atoms with van der Waals surface area (Å²) >= 11 is 6.71. The molecular formula is C22H33ClF2N3O10PS. The second kappa shape index (κ2) is 13.6. The van der Waals surface area contributed by atoms with Gasteiger partial charge in [0.05, 0.1) is 25.5 Å². The number of rotatable bonds is 12. The number of halogens is 3. The average Bonchev–Trinajstić information content (AvgIpc) is 3.05. The van der Waals surface area contributed by atoms with Crippen LogP contribution in [0.1, 0.15) is 47.8 Å². The van der Waals surface area contributed by atoms with Gasteiger partial charge in [0.2, 0.25) is 5.82 Å². The number of esters is 1. The van der Waals surface area contributed by atoms with Crippen LogP contribution in [0, 0.1) is 11.2 Å².